The zero-order chi connectivity index (χ0) is 13.1. The molecule has 0 aliphatic rings. The molecule has 0 heterocycles. The van der Waals surface area contributed by atoms with Crippen LogP contribution in [0.15, 0.2) is 30.3 Å². The Bertz CT molecular complexity index is 484. The van der Waals surface area contributed by atoms with Gasteiger partial charge < -0.3 is 5.73 Å². The van der Waals surface area contributed by atoms with Crippen molar-refractivity contribution in [1.82, 2.24) is 9.03 Å². The lowest BCUT2D eigenvalue weighted by Crippen LogP contribution is -2.42. The molecule has 1 unspecified atom stereocenters. The highest BCUT2D eigenvalue weighted by atomic mass is 32.2. The third-order valence-electron chi connectivity index (χ3n) is 2.19. The zero-order valence-electron chi connectivity index (χ0n) is 9.71. The Morgan fingerprint density at radius 3 is 2.29 bits per heavy atom. The van der Waals surface area contributed by atoms with Gasteiger partial charge in [0, 0.05) is 14.1 Å². The molecule has 0 aliphatic carbocycles. The normalized spacial score (nSPS) is 13.6. The molecule has 1 atom stereocenters. The van der Waals surface area contributed by atoms with Crippen LogP contribution in [0.5, 0.6) is 0 Å². The highest BCUT2D eigenvalue weighted by molar-refractivity contribution is 7.87. The first kappa shape index (κ1) is 13.6. The van der Waals surface area contributed by atoms with E-state index in [9.17, 15) is 8.42 Å². The fourth-order valence-corrected chi connectivity index (χ4v) is 1.98. The lowest BCUT2D eigenvalue weighted by Gasteiger charge is -2.20. The summed E-state index contributed by atoms with van der Waals surface area (Å²) in [6, 6.07) is 7.91. The average molecular weight is 256 g/mol. The van der Waals surface area contributed by atoms with Crippen LogP contribution in [0, 0.1) is 5.41 Å². The first-order valence-corrected chi connectivity index (χ1v) is 6.37. The molecule has 1 aromatic carbocycles. The van der Waals surface area contributed by atoms with Crippen molar-refractivity contribution >= 4 is 16.0 Å². The van der Waals surface area contributed by atoms with Gasteiger partial charge in [-0.3, -0.25) is 5.41 Å². The Morgan fingerprint density at radius 2 is 1.88 bits per heavy atom. The van der Waals surface area contributed by atoms with Gasteiger partial charge in [-0.15, -0.1) is 0 Å². The summed E-state index contributed by atoms with van der Waals surface area (Å²) in [5, 5.41) is 7.44. The van der Waals surface area contributed by atoms with Crippen LogP contribution >= 0.6 is 0 Å². The fraction of sp³-hybridized carbons (Fsp3) is 0.300. The number of hydrogen-bond donors (Lipinski definition) is 3. The van der Waals surface area contributed by atoms with E-state index in [4.69, 9.17) is 11.1 Å². The Labute approximate surface area is 101 Å². The molecule has 0 saturated heterocycles. The standard InChI is InChI=1S/C10H16N4O2S/c1-14(2)17(15,16)13-9(10(11)12)8-6-4-3-5-7-8/h3-7,9,13H,1-2H3,(H3,11,12). The molecule has 0 aromatic heterocycles. The van der Waals surface area contributed by atoms with E-state index < -0.39 is 16.3 Å². The largest absolute Gasteiger partial charge is 0.386 e. The Balaban J connectivity index is 3.02. The molecule has 1 rings (SSSR count). The van der Waals surface area contributed by atoms with Gasteiger partial charge in [-0.2, -0.15) is 17.4 Å². The Hall–Kier alpha value is -1.44. The lowest BCUT2D eigenvalue weighted by molar-refractivity contribution is 0.501. The van der Waals surface area contributed by atoms with Crippen molar-refractivity contribution in [3.8, 4) is 0 Å². The van der Waals surface area contributed by atoms with Crippen LogP contribution < -0.4 is 10.5 Å². The van der Waals surface area contributed by atoms with Crippen LogP contribution in [0.1, 0.15) is 11.6 Å². The van der Waals surface area contributed by atoms with E-state index in [2.05, 4.69) is 4.72 Å². The van der Waals surface area contributed by atoms with E-state index in [1.165, 1.54) is 14.1 Å². The Morgan fingerprint density at radius 1 is 1.35 bits per heavy atom. The first-order chi connectivity index (χ1) is 7.84. The molecule has 6 nitrogen and oxygen atoms in total. The second-order valence-electron chi connectivity index (χ2n) is 3.70. The minimum atomic E-state index is -3.63. The summed E-state index contributed by atoms with van der Waals surface area (Å²) in [4.78, 5) is 0. The fourth-order valence-electron chi connectivity index (χ4n) is 1.21. The summed E-state index contributed by atoms with van der Waals surface area (Å²) in [5.41, 5.74) is 6.04. The summed E-state index contributed by atoms with van der Waals surface area (Å²) < 4.78 is 26.8. The van der Waals surface area contributed by atoms with E-state index in [0.29, 0.717) is 5.56 Å². The molecular formula is C10H16N4O2S. The highest BCUT2D eigenvalue weighted by Crippen LogP contribution is 2.13. The number of nitrogens with one attached hydrogen (secondary N) is 2. The number of nitrogens with two attached hydrogens (primary N) is 1. The zero-order valence-corrected chi connectivity index (χ0v) is 10.5. The quantitative estimate of drug-likeness (QED) is 0.513. The van der Waals surface area contributed by atoms with Crippen molar-refractivity contribution in [3.05, 3.63) is 35.9 Å². The lowest BCUT2D eigenvalue weighted by atomic mass is 10.1. The van der Waals surface area contributed by atoms with Crippen molar-refractivity contribution in [3.63, 3.8) is 0 Å². The topological polar surface area (TPSA) is 99.3 Å². The Kier molecular flexibility index (Phi) is 4.22. The molecule has 0 bridgehead atoms. The van der Waals surface area contributed by atoms with Crippen LogP contribution in [0.2, 0.25) is 0 Å². The van der Waals surface area contributed by atoms with Crippen LogP contribution in [-0.2, 0) is 10.2 Å². The van der Waals surface area contributed by atoms with E-state index in [0.717, 1.165) is 4.31 Å². The predicted molar refractivity (Wildman–Crippen MR) is 66.8 cm³/mol. The minimum Gasteiger partial charge on any atom is -0.386 e. The van der Waals surface area contributed by atoms with E-state index >= 15 is 0 Å². The molecule has 1 aromatic rings. The average Bonchev–Trinajstić information content (AvgIpc) is 2.26. The third kappa shape index (κ3) is 3.52. The van der Waals surface area contributed by atoms with Gasteiger partial charge in [0.1, 0.15) is 11.9 Å². The molecule has 7 heteroatoms. The molecule has 17 heavy (non-hydrogen) atoms. The molecule has 0 fully saturated rings. The number of nitrogens with zero attached hydrogens (tertiary/aromatic N) is 1. The highest BCUT2D eigenvalue weighted by Gasteiger charge is 2.23. The maximum Gasteiger partial charge on any atom is 0.279 e. The number of benzene rings is 1. The molecule has 0 radical (unpaired) electrons. The van der Waals surface area contributed by atoms with Gasteiger partial charge in [-0.1, -0.05) is 30.3 Å². The SMILES string of the molecule is CN(C)S(=O)(=O)NC(C(=N)N)c1ccccc1. The van der Waals surface area contributed by atoms with Gasteiger partial charge in [0.2, 0.25) is 0 Å². The second kappa shape index (κ2) is 5.26. The van der Waals surface area contributed by atoms with Gasteiger partial charge in [0.15, 0.2) is 0 Å². The van der Waals surface area contributed by atoms with Crippen LogP contribution in [0.4, 0.5) is 0 Å². The summed E-state index contributed by atoms with van der Waals surface area (Å²) in [6.45, 7) is 0. The second-order valence-corrected chi connectivity index (χ2v) is 5.62. The van der Waals surface area contributed by atoms with Crippen LogP contribution in [0.3, 0.4) is 0 Å². The predicted octanol–water partition coefficient (Wildman–Crippen LogP) is 0.0597. The summed E-state index contributed by atoms with van der Waals surface area (Å²) in [7, 11) is -0.814. The molecule has 0 aliphatic heterocycles. The van der Waals surface area contributed by atoms with E-state index in [1.54, 1.807) is 30.3 Å². The van der Waals surface area contributed by atoms with Gasteiger partial charge in [0.05, 0.1) is 0 Å². The molecule has 0 spiro atoms. The molecule has 0 saturated carbocycles. The summed E-state index contributed by atoms with van der Waals surface area (Å²) >= 11 is 0. The van der Waals surface area contributed by atoms with Crippen molar-refractivity contribution < 1.29 is 8.42 Å². The summed E-state index contributed by atoms with van der Waals surface area (Å²) in [6.07, 6.45) is 0. The molecular weight excluding hydrogens is 240 g/mol. The van der Waals surface area contributed by atoms with Gasteiger partial charge >= 0.3 is 0 Å². The minimum absolute atomic E-state index is 0.248. The van der Waals surface area contributed by atoms with Crippen LogP contribution in [0.25, 0.3) is 0 Å². The molecule has 0 amide bonds. The number of rotatable bonds is 5. The molecule has 94 valence electrons. The number of hydrogen-bond acceptors (Lipinski definition) is 3. The van der Waals surface area contributed by atoms with Gasteiger partial charge in [0.25, 0.3) is 10.2 Å². The van der Waals surface area contributed by atoms with Gasteiger partial charge in [-0.25, -0.2) is 0 Å². The molecule has 4 N–H and O–H groups in total. The van der Waals surface area contributed by atoms with Crippen molar-refractivity contribution in [2.75, 3.05) is 14.1 Å². The van der Waals surface area contributed by atoms with E-state index in [-0.39, 0.29) is 5.84 Å². The van der Waals surface area contributed by atoms with E-state index in [1.807, 2.05) is 0 Å². The maximum absolute atomic E-state index is 11.7. The van der Waals surface area contributed by atoms with Crippen molar-refractivity contribution in [1.29, 1.82) is 5.41 Å². The first-order valence-electron chi connectivity index (χ1n) is 4.93. The monoisotopic (exact) mass is 256 g/mol. The van der Waals surface area contributed by atoms with Gasteiger partial charge in [-0.05, 0) is 5.56 Å². The van der Waals surface area contributed by atoms with Crippen molar-refractivity contribution in [2.24, 2.45) is 5.73 Å². The van der Waals surface area contributed by atoms with Crippen molar-refractivity contribution in [2.45, 2.75) is 6.04 Å². The third-order valence-corrected chi connectivity index (χ3v) is 3.69. The smallest absolute Gasteiger partial charge is 0.279 e. The maximum atomic E-state index is 11.7. The van der Waals surface area contributed by atoms with Crippen LogP contribution in [-0.4, -0.2) is 32.7 Å². The number of amidine groups is 1. The summed E-state index contributed by atoms with van der Waals surface area (Å²) in [5.74, 6) is -0.248.